The molecule has 1 aromatic rings. The molecule has 5 nitrogen and oxygen atoms in total. The quantitative estimate of drug-likeness (QED) is 0.798. The van der Waals surface area contributed by atoms with Gasteiger partial charge < -0.3 is 19.1 Å². The van der Waals surface area contributed by atoms with Gasteiger partial charge in [0, 0.05) is 30.3 Å². The van der Waals surface area contributed by atoms with E-state index in [2.05, 4.69) is 0 Å². The molecule has 0 aromatic heterocycles. The smallest absolute Gasteiger partial charge is 0.224 e. The summed E-state index contributed by atoms with van der Waals surface area (Å²) < 4.78 is 16.3. The van der Waals surface area contributed by atoms with Crippen LogP contribution in [0.4, 0.5) is 0 Å². The molecule has 0 bridgehead atoms. The zero-order valence-electron chi connectivity index (χ0n) is 13.8. The molecule has 3 rings (SSSR count). The minimum Gasteiger partial charge on any atom is -0.496 e. The van der Waals surface area contributed by atoms with E-state index in [4.69, 9.17) is 14.2 Å². The molecule has 1 aromatic carbocycles. The van der Waals surface area contributed by atoms with Gasteiger partial charge in [0.2, 0.25) is 5.91 Å². The zero-order valence-corrected chi connectivity index (χ0v) is 14.6. The maximum atomic E-state index is 12.6. The van der Waals surface area contributed by atoms with Gasteiger partial charge in [-0.3, -0.25) is 4.79 Å². The van der Waals surface area contributed by atoms with Crippen LogP contribution in [0, 0.1) is 5.92 Å². The van der Waals surface area contributed by atoms with Gasteiger partial charge in [-0.15, -0.1) is 11.8 Å². The molecule has 1 aliphatic carbocycles. The van der Waals surface area contributed by atoms with Crippen molar-refractivity contribution in [2.45, 2.75) is 24.6 Å². The van der Waals surface area contributed by atoms with Crippen molar-refractivity contribution in [2.75, 3.05) is 33.6 Å². The maximum Gasteiger partial charge on any atom is 0.224 e. The Balaban J connectivity index is 1.90. The van der Waals surface area contributed by atoms with Crippen molar-refractivity contribution < 1.29 is 19.0 Å². The lowest BCUT2D eigenvalue weighted by atomic mass is 10.1. The molecule has 126 valence electrons. The van der Waals surface area contributed by atoms with E-state index in [1.165, 1.54) is 12.8 Å². The highest BCUT2D eigenvalue weighted by atomic mass is 32.2. The summed E-state index contributed by atoms with van der Waals surface area (Å²) in [5.74, 6) is 3.81. The lowest BCUT2D eigenvalue weighted by molar-refractivity contribution is -0.131. The molecule has 23 heavy (non-hydrogen) atoms. The lowest BCUT2D eigenvalue weighted by Gasteiger charge is -2.26. The zero-order chi connectivity index (χ0) is 16.4. The van der Waals surface area contributed by atoms with Gasteiger partial charge in [0.25, 0.3) is 0 Å². The van der Waals surface area contributed by atoms with Gasteiger partial charge in [-0.25, -0.2) is 0 Å². The van der Waals surface area contributed by atoms with Crippen molar-refractivity contribution in [2.24, 2.45) is 5.92 Å². The van der Waals surface area contributed by atoms with Gasteiger partial charge in [-0.05, 0) is 24.8 Å². The van der Waals surface area contributed by atoms with Gasteiger partial charge in [-0.1, -0.05) is 0 Å². The first kappa shape index (κ1) is 16.3. The molecule has 1 saturated carbocycles. The molecule has 2 fully saturated rings. The minimum atomic E-state index is -0.0176. The van der Waals surface area contributed by atoms with Crippen LogP contribution in [0.5, 0.6) is 17.2 Å². The van der Waals surface area contributed by atoms with Gasteiger partial charge >= 0.3 is 0 Å². The Kier molecular flexibility index (Phi) is 4.90. The summed E-state index contributed by atoms with van der Waals surface area (Å²) in [6, 6.07) is 3.76. The molecule has 0 radical (unpaired) electrons. The Hall–Kier alpha value is -1.56. The van der Waals surface area contributed by atoms with Crippen LogP contribution in [-0.4, -0.2) is 44.4 Å². The van der Waals surface area contributed by atoms with E-state index in [9.17, 15) is 4.79 Å². The summed E-state index contributed by atoms with van der Waals surface area (Å²) in [7, 11) is 4.86. The Labute approximate surface area is 141 Å². The third kappa shape index (κ3) is 3.37. The molecular formula is C17H23NO4S. The van der Waals surface area contributed by atoms with Gasteiger partial charge in [-0.2, -0.15) is 0 Å². The predicted octanol–water partition coefficient (Wildman–Crippen LogP) is 3.09. The molecule has 2 aliphatic rings. The maximum absolute atomic E-state index is 12.6. The lowest BCUT2D eigenvalue weighted by Crippen LogP contribution is -2.30. The number of hydrogen-bond acceptors (Lipinski definition) is 5. The number of amides is 1. The van der Waals surface area contributed by atoms with Crippen LogP contribution in [-0.2, 0) is 4.79 Å². The van der Waals surface area contributed by atoms with Gasteiger partial charge in [0.15, 0.2) is 11.5 Å². The largest absolute Gasteiger partial charge is 0.496 e. The van der Waals surface area contributed by atoms with Gasteiger partial charge in [0.1, 0.15) is 11.1 Å². The first-order valence-electron chi connectivity index (χ1n) is 7.89. The second-order valence-electron chi connectivity index (χ2n) is 5.91. The fourth-order valence-corrected chi connectivity index (χ4v) is 4.21. The van der Waals surface area contributed by atoms with Crippen molar-refractivity contribution in [3.63, 3.8) is 0 Å². The van der Waals surface area contributed by atoms with Crippen LogP contribution in [0.15, 0.2) is 12.1 Å². The van der Waals surface area contributed by atoms with Crippen molar-refractivity contribution >= 4 is 17.7 Å². The average Bonchev–Trinajstić information content (AvgIpc) is 3.25. The summed E-state index contributed by atoms with van der Waals surface area (Å²) >= 11 is 1.77. The third-order valence-corrected chi connectivity index (χ3v) is 5.62. The van der Waals surface area contributed by atoms with E-state index in [0.29, 0.717) is 23.8 Å². The average molecular weight is 337 g/mol. The number of carbonyl (C=O) groups excluding carboxylic acids is 1. The number of ether oxygens (including phenoxy) is 3. The summed E-state index contributed by atoms with van der Waals surface area (Å²) in [5.41, 5.74) is 0.969. The molecule has 1 atom stereocenters. The topological polar surface area (TPSA) is 48.0 Å². The summed E-state index contributed by atoms with van der Waals surface area (Å²) in [6.07, 6.45) is 3.06. The standard InChI is InChI=1S/C17H23NO4S/c1-20-13-10-15(22-3)14(21-2)9-12(13)17-18(6-7-23-17)16(19)8-11-4-5-11/h9-11,17H,4-8H2,1-3H3. The normalized spacial score (nSPS) is 20.5. The molecular weight excluding hydrogens is 314 g/mol. The number of nitrogens with zero attached hydrogens (tertiary/aromatic N) is 1. The fraction of sp³-hybridized carbons (Fsp3) is 0.588. The second-order valence-corrected chi connectivity index (χ2v) is 7.10. The Morgan fingerprint density at radius 3 is 2.39 bits per heavy atom. The van der Waals surface area contributed by atoms with Crippen molar-refractivity contribution in [3.8, 4) is 17.2 Å². The van der Waals surface area contributed by atoms with E-state index in [-0.39, 0.29) is 11.3 Å². The summed E-state index contributed by atoms with van der Waals surface area (Å²) in [5, 5.41) is -0.0176. The van der Waals surface area contributed by atoms with Crippen LogP contribution in [0.25, 0.3) is 0 Å². The molecule has 1 unspecified atom stereocenters. The Morgan fingerprint density at radius 2 is 1.78 bits per heavy atom. The number of rotatable bonds is 6. The van der Waals surface area contributed by atoms with Crippen molar-refractivity contribution in [3.05, 3.63) is 17.7 Å². The number of methoxy groups -OCH3 is 3. The monoisotopic (exact) mass is 337 g/mol. The van der Waals surface area contributed by atoms with E-state index >= 15 is 0 Å². The summed E-state index contributed by atoms with van der Waals surface area (Å²) in [4.78, 5) is 14.6. The highest BCUT2D eigenvalue weighted by molar-refractivity contribution is 7.99. The van der Waals surface area contributed by atoms with Gasteiger partial charge in [0.05, 0.1) is 21.3 Å². The van der Waals surface area contributed by atoms with Crippen molar-refractivity contribution in [1.82, 2.24) is 4.90 Å². The van der Waals surface area contributed by atoms with Crippen LogP contribution in [0.3, 0.4) is 0 Å². The van der Waals surface area contributed by atoms with Crippen molar-refractivity contribution in [1.29, 1.82) is 0 Å². The van der Waals surface area contributed by atoms with E-state index < -0.39 is 0 Å². The molecule has 6 heteroatoms. The van der Waals surface area contributed by atoms with Crippen LogP contribution in [0.2, 0.25) is 0 Å². The number of hydrogen-bond donors (Lipinski definition) is 0. The van der Waals surface area contributed by atoms with Crippen LogP contribution < -0.4 is 14.2 Å². The number of thioether (sulfide) groups is 1. The van der Waals surface area contributed by atoms with E-state index in [1.54, 1.807) is 33.1 Å². The molecule has 1 saturated heterocycles. The fourth-order valence-electron chi connectivity index (χ4n) is 2.92. The molecule has 1 heterocycles. The minimum absolute atomic E-state index is 0.0176. The highest BCUT2D eigenvalue weighted by Crippen LogP contribution is 2.46. The number of carbonyl (C=O) groups is 1. The second kappa shape index (κ2) is 6.91. The molecule has 1 aliphatic heterocycles. The highest BCUT2D eigenvalue weighted by Gasteiger charge is 2.35. The summed E-state index contributed by atoms with van der Waals surface area (Å²) in [6.45, 7) is 0.790. The molecule has 0 spiro atoms. The number of benzene rings is 1. The SMILES string of the molecule is COc1cc(OC)c(C2SCCN2C(=O)CC2CC2)cc1OC. The first-order chi connectivity index (χ1) is 11.2. The van der Waals surface area contributed by atoms with Crippen LogP contribution in [0.1, 0.15) is 30.2 Å². The first-order valence-corrected chi connectivity index (χ1v) is 8.93. The van der Waals surface area contributed by atoms with E-state index in [1.807, 2.05) is 17.0 Å². The molecule has 1 amide bonds. The third-order valence-electron chi connectivity index (χ3n) is 4.37. The van der Waals surface area contributed by atoms with E-state index in [0.717, 1.165) is 23.6 Å². The Bertz CT molecular complexity index is 588. The molecule has 0 N–H and O–H groups in total. The van der Waals surface area contributed by atoms with Crippen LogP contribution >= 0.6 is 11.8 Å². The Morgan fingerprint density at radius 1 is 1.13 bits per heavy atom. The predicted molar refractivity (Wildman–Crippen MR) is 90.4 cm³/mol.